The van der Waals surface area contributed by atoms with Gasteiger partial charge in [-0.05, 0) is 6.92 Å². The van der Waals surface area contributed by atoms with Gasteiger partial charge in [0.1, 0.15) is 6.17 Å². The molecule has 2 heterocycles. The lowest BCUT2D eigenvalue weighted by atomic mass is 10.5. The lowest BCUT2D eigenvalue weighted by molar-refractivity contribution is 0.250. The largest absolute Gasteiger partial charge is 0.338 e. The monoisotopic (exact) mass is 181 g/mol. The van der Waals surface area contributed by atoms with Crippen molar-refractivity contribution in [3.63, 3.8) is 0 Å². The van der Waals surface area contributed by atoms with E-state index >= 15 is 0 Å². The van der Waals surface area contributed by atoms with Gasteiger partial charge in [0, 0.05) is 19.3 Å². The second-order valence-electron chi connectivity index (χ2n) is 2.97. The molecule has 0 bridgehead atoms. The Bertz CT molecular complexity index is 333. The van der Waals surface area contributed by atoms with Gasteiger partial charge in [-0.2, -0.15) is 5.10 Å². The molecular formula is C7H11N5O. The summed E-state index contributed by atoms with van der Waals surface area (Å²) < 4.78 is 1.66. The molecule has 0 aliphatic carbocycles. The maximum atomic E-state index is 11.3. The van der Waals surface area contributed by atoms with Crippen LogP contribution in [0.3, 0.4) is 0 Å². The molecule has 1 aromatic rings. The van der Waals surface area contributed by atoms with E-state index in [0.29, 0.717) is 5.82 Å². The number of aryl methyl sites for hydroxylation is 1. The molecule has 0 saturated carbocycles. The topological polar surface area (TPSA) is 62.2 Å². The third-order valence-corrected chi connectivity index (χ3v) is 1.94. The molecular weight excluding hydrogens is 170 g/mol. The first kappa shape index (κ1) is 8.06. The van der Waals surface area contributed by atoms with E-state index < -0.39 is 0 Å². The molecule has 70 valence electrons. The number of hydrogen-bond donors (Lipinski definition) is 2. The van der Waals surface area contributed by atoms with Crippen molar-refractivity contribution in [2.45, 2.75) is 13.1 Å². The van der Waals surface area contributed by atoms with Crippen LogP contribution < -0.4 is 15.8 Å². The quantitative estimate of drug-likeness (QED) is 0.630. The average molecular weight is 181 g/mol. The summed E-state index contributed by atoms with van der Waals surface area (Å²) in [6, 6.07) is 1.62. The molecule has 2 rings (SSSR count). The Balaban J connectivity index is 2.29. The van der Waals surface area contributed by atoms with Crippen LogP contribution in [0.25, 0.3) is 0 Å². The van der Waals surface area contributed by atoms with Gasteiger partial charge in [-0.3, -0.25) is 15.0 Å². The van der Waals surface area contributed by atoms with Crippen molar-refractivity contribution in [3.05, 3.63) is 12.3 Å². The third kappa shape index (κ3) is 1.25. The number of carbonyl (C=O) groups excluding carboxylic acids is 1. The Hall–Kier alpha value is -1.56. The van der Waals surface area contributed by atoms with Crippen LogP contribution in [0.1, 0.15) is 6.92 Å². The third-order valence-electron chi connectivity index (χ3n) is 1.94. The highest BCUT2D eigenvalue weighted by Crippen LogP contribution is 2.14. The molecule has 0 spiro atoms. The Morgan fingerprint density at radius 1 is 1.62 bits per heavy atom. The number of nitrogens with one attached hydrogen (secondary N) is 2. The molecule has 0 aromatic carbocycles. The number of anilines is 1. The standard InChI is InChI=1S/C7H11N5O/c1-5-8-9-7(13)12(5)6-3-4-11(2)10-6/h3-5,8H,1-2H3,(H,9,13). The number of amides is 2. The van der Waals surface area contributed by atoms with E-state index in [2.05, 4.69) is 16.0 Å². The van der Waals surface area contributed by atoms with Gasteiger partial charge in [-0.15, -0.1) is 0 Å². The van der Waals surface area contributed by atoms with Gasteiger partial charge in [0.25, 0.3) is 0 Å². The van der Waals surface area contributed by atoms with Gasteiger partial charge in [-0.25, -0.2) is 10.2 Å². The van der Waals surface area contributed by atoms with E-state index in [1.165, 1.54) is 0 Å². The van der Waals surface area contributed by atoms with Gasteiger partial charge in [0.05, 0.1) is 0 Å². The van der Waals surface area contributed by atoms with E-state index in [1.54, 1.807) is 21.8 Å². The molecule has 6 nitrogen and oxygen atoms in total. The van der Waals surface area contributed by atoms with Crippen LogP contribution in [0.4, 0.5) is 10.6 Å². The van der Waals surface area contributed by atoms with Crippen molar-refractivity contribution in [1.82, 2.24) is 20.6 Å². The molecule has 1 aliphatic rings. The van der Waals surface area contributed by atoms with Crippen molar-refractivity contribution >= 4 is 11.8 Å². The Morgan fingerprint density at radius 2 is 2.38 bits per heavy atom. The van der Waals surface area contributed by atoms with Crippen molar-refractivity contribution in [3.8, 4) is 0 Å². The molecule has 2 amide bonds. The molecule has 13 heavy (non-hydrogen) atoms. The molecule has 1 fully saturated rings. The van der Waals surface area contributed by atoms with E-state index in [9.17, 15) is 4.79 Å². The van der Waals surface area contributed by atoms with Crippen LogP contribution in [0.5, 0.6) is 0 Å². The first-order chi connectivity index (χ1) is 6.18. The zero-order valence-corrected chi connectivity index (χ0v) is 7.48. The highest BCUT2D eigenvalue weighted by Gasteiger charge is 2.29. The molecule has 1 aliphatic heterocycles. The fourth-order valence-corrected chi connectivity index (χ4v) is 1.30. The van der Waals surface area contributed by atoms with Crippen molar-refractivity contribution in [2.75, 3.05) is 4.90 Å². The maximum absolute atomic E-state index is 11.3. The van der Waals surface area contributed by atoms with Crippen LogP contribution in [0, 0.1) is 0 Å². The Kier molecular flexibility index (Phi) is 1.70. The highest BCUT2D eigenvalue weighted by atomic mass is 16.2. The van der Waals surface area contributed by atoms with Gasteiger partial charge >= 0.3 is 6.03 Å². The smallest absolute Gasteiger partial charge is 0.274 e. The van der Waals surface area contributed by atoms with Crippen LogP contribution in [-0.2, 0) is 7.05 Å². The highest BCUT2D eigenvalue weighted by molar-refractivity contribution is 5.92. The van der Waals surface area contributed by atoms with E-state index in [0.717, 1.165) is 0 Å². The molecule has 1 atom stereocenters. The van der Waals surface area contributed by atoms with E-state index in [1.807, 2.05) is 14.0 Å². The summed E-state index contributed by atoms with van der Waals surface area (Å²) in [5.74, 6) is 0.650. The zero-order valence-electron chi connectivity index (χ0n) is 7.48. The number of aromatic nitrogens is 2. The van der Waals surface area contributed by atoms with Crippen molar-refractivity contribution < 1.29 is 4.79 Å². The van der Waals surface area contributed by atoms with Gasteiger partial charge < -0.3 is 0 Å². The van der Waals surface area contributed by atoms with E-state index in [4.69, 9.17) is 0 Å². The van der Waals surface area contributed by atoms with Crippen molar-refractivity contribution in [2.24, 2.45) is 7.05 Å². The fraction of sp³-hybridized carbons (Fsp3) is 0.429. The molecule has 2 N–H and O–H groups in total. The van der Waals surface area contributed by atoms with Crippen LogP contribution in [0.2, 0.25) is 0 Å². The normalized spacial score (nSPS) is 22.2. The molecule has 1 unspecified atom stereocenters. The summed E-state index contributed by atoms with van der Waals surface area (Å²) in [4.78, 5) is 12.9. The number of nitrogens with zero attached hydrogens (tertiary/aromatic N) is 3. The summed E-state index contributed by atoms with van der Waals surface area (Å²) in [5, 5.41) is 4.14. The second-order valence-corrected chi connectivity index (χ2v) is 2.97. The number of hydrazine groups is 1. The van der Waals surface area contributed by atoms with Crippen LogP contribution >= 0.6 is 0 Å². The van der Waals surface area contributed by atoms with Gasteiger partial charge in [0.2, 0.25) is 0 Å². The lowest BCUT2D eigenvalue weighted by Crippen LogP contribution is -2.34. The van der Waals surface area contributed by atoms with E-state index in [-0.39, 0.29) is 12.2 Å². The molecule has 0 radical (unpaired) electrons. The minimum atomic E-state index is -0.175. The zero-order chi connectivity index (χ0) is 9.42. The Morgan fingerprint density at radius 3 is 2.85 bits per heavy atom. The first-order valence-corrected chi connectivity index (χ1v) is 4.03. The SMILES string of the molecule is CC1NNC(=O)N1c1ccn(C)n1. The summed E-state index contributed by atoms with van der Waals surface area (Å²) in [6.07, 6.45) is 1.73. The molecule has 1 aromatic heterocycles. The second kappa shape index (κ2) is 2.74. The molecule has 6 heteroatoms. The maximum Gasteiger partial charge on any atom is 0.338 e. The summed E-state index contributed by atoms with van der Waals surface area (Å²) in [5.41, 5.74) is 5.32. The minimum absolute atomic E-state index is 0.0672. The van der Waals surface area contributed by atoms with Crippen molar-refractivity contribution in [1.29, 1.82) is 0 Å². The molecule has 1 saturated heterocycles. The number of hydrogen-bond acceptors (Lipinski definition) is 3. The predicted molar refractivity (Wildman–Crippen MR) is 46.8 cm³/mol. The number of carbonyl (C=O) groups is 1. The Labute approximate surface area is 75.5 Å². The minimum Gasteiger partial charge on any atom is -0.274 e. The summed E-state index contributed by atoms with van der Waals surface area (Å²) >= 11 is 0. The lowest BCUT2D eigenvalue weighted by Gasteiger charge is -2.15. The fourth-order valence-electron chi connectivity index (χ4n) is 1.30. The van der Waals surface area contributed by atoms with Gasteiger partial charge in [-0.1, -0.05) is 0 Å². The summed E-state index contributed by atoms with van der Waals surface area (Å²) in [7, 11) is 1.82. The number of rotatable bonds is 1. The predicted octanol–water partition coefficient (Wildman–Crippen LogP) is -0.200. The van der Waals surface area contributed by atoms with Crippen LogP contribution in [0.15, 0.2) is 12.3 Å². The summed E-state index contributed by atoms with van der Waals surface area (Å²) in [6.45, 7) is 1.88. The average Bonchev–Trinajstić information content (AvgIpc) is 2.60. The first-order valence-electron chi connectivity index (χ1n) is 4.03. The van der Waals surface area contributed by atoms with Gasteiger partial charge in [0.15, 0.2) is 5.82 Å². The number of urea groups is 1. The van der Waals surface area contributed by atoms with Crippen LogP contribution in [-0.4, -0.2) is 22.0 Å².